The first-order chi connectivity index (χ1) is 9.37. The molecule has 0 saturated heterocycles. The van der Waals surface area contributed by atoms with Gasteiger partial charge in [0.25, 0.3) is 0 Å². The highest BCUT2D eigenvalue weighted by Crippen LogP contribution is 2.50. The predicted molar refractivity (Wildman–Crippen MR) is 56.3 cm³/mol. The molecule has 5 nitrogen and oxygen atoms in total. The van der Waals surface area contributed by atoms with Crippen LogP contribution in [0.3, 0.4) is 0 Å². The number of hydrogen-bond donors (Lipinski definition) is 0. The van der Waals surface area contributed by atoms with Gasteiger partial charge in [-0.2, -0.15) is 26.3 Å². The Hall–Kier alpha value is -1.24. The van der Waals surface area contributed by atoms with E-state index in [1.165, 1.54) is 0 Å². The highest BCUT2D eigenvalue weighted by Gasteiger charge is 2.40. The molecule has 21 heavy (non-hydrogen) atoms. The van der Waals surface area contributed by atoms with E-state index in [-0.39, 0.29) is 0 Å². The van der Waals surface area contributed by atoms with Crippen LogP contribution in [0.4, 0.5) is 26.3 Å². The monoisotopic (exact) mass is 342 g/mol. The molecule has 0 aromatic heterocycles. The minimum atomic E-state index is -4.99. The standard InChI is InChI=1S/C9H9F6O5P/c1-2-3-18-7(16)4-21(17,19-5-8(10,11)12)20-6-9(13,14)15/h1H,3-6H2. The van der Waals surface area contributed by atoms with Crippen molar-refractivity contribution in [2.24, 2.45) is 0 Å². The maximum Gasteiger partial charge on any atom is 0.412 e. The molecule has 0 aliphatic rings. The Morgan fingerprint density at radius 1 is 1.05 bits per heavy atom. The molecule has 0 aliphatic heterocycles. The number of hydrogen-bond acceptors (Lipinski definition) is 5. The number of carbonyl (C=O) groups excluding carboxylic acids is 1. The minimum Gasteiger partial charge on any atom is -0.452 e. The fraction of sp³-hybridized carbons (Fsp3) is 0.667. The molecule has 0 saturated carbocycles. The van der Waals surface area contributed by atoms with Gasteiger partial charge in [0.05, 0.1) is 0 Å². The van der Waals surface area contributed by atoms with Crippen LogP contribution < -0.4 is 0 Å². The molecule has 0 bridgehead atoms. The molecule has 0 aromatic rings. The fourth-order valence-corrected chi connectivity index (χ4v) is 2.15. The SMILES string of the molecule is C#CCOC(=O)CP(=O)(OCC(F)(F)F)OCC(F)(F)F. The van der Waals surface area contributed by atoms with Gasteiger partial charge in [-0.05, 0) is 0 Å². The number of esters is 1. The summed E-state index contributed by atoms with van der Waals surface area (Å²) >= 11 is 0. The fourth-order valence-electron chi connectivity index (χ4n) is 0.798. The van der Waals surface area contributed by atoms with Crippen LogP contribution in [0.1, 0.15) is 0 Å². The van der Waals surface area contributed by atoms with E-state index in [9.17, 15) is 35.7 Å². The summed E-state index contributed by atoms with van der Waals surface area (Å²) in [6, 6.07) is 0. The number of rotatable bonds is 7. The van der Waals surface area contributed by atoms with Crippen molar-refractivity contribution in [1.29, 1.82) is 0 Å². The van der Waals surface area contributed by atoms with Crippen molar-refractivity contribution in [1.82, 2.24) is 0 Å². The van der Waals surface area contributed by atoms with Gasteiger partial charge in [-0.25, -0.2) is 0 Å². The summed E-state index contributed by atoms with van der Waals surface area (Å²) in [6.07, 6.45) is -6.66. The largest absolute Gasteiger partial charge is 0.452 e. The zero-order valence-electron chi connectivity index (χ0n) is 10.2. The van der Waals surface area contributed by atoms with E-state index in [0.717, 1.165) is 0 Å². The molecule has 0 heterocycles. The van der Waals surface area contributed by atoms with Gasteiger partial charge in [-0.15, -0.1) is 6.42 Å². The lowest BCUT2D eigenvalue weighted by molar-refractivity contribution is -0.166. The molecule has 0 rings (SSSR count). The van der Waals surface area contributed by atoms with Crippen LogP contribution in [0.5, 0.6) is 0 Å². The Labute approximate surface area is 115 Å². The second-order valence-electron chi connectivity index (χ2n) is 3.41. The lowest BCUT2D eigenvalue weighted by Gasteiger charge is -2.19. The van der Waals surface area contributed by atoms with Gasteiger partial charge >= 0.3 is 25.9 Å². The molecule has 0 aromatic carbocycles. The van der Waals surface area contributed by atoms with Gasteiger partial charge in [0.1, 0.15) is 6.16 Å². The summed E-state index contributed by atoms with van der Waals surface area (Å²) < 4.78 is 95.1. The maximum absolute atomic E-state index is 11.9. The molecule has 12 heteroatoms. The van der Waals surface area contributed by atoms with Crippen molar-refractivity contribution in [2.75, 3.05) is 26.0 Å². The molecular weight excluding hydrogens is 333 g/mol. The summed E-state index contributed by atoms with van der Waals surface area (Å²) in [5.74, 6) is 0.406. The Balaban J connectivity index is 4.78. The van der Waals surface area contributed by atoms with E-state index in [1.54, 1.807) is 0 Å². The summed E-state index contributed by atoms with van der Waals surface area (Å²) in [5, 5.41) is 0. The number of carbonyl (C=O) groups is 1. The Kier molecular flexibility index (Phi) is 7.23. The van der Waals surface area contributed by atoms with Crippen LogP contribution in [-0.4, -0.2) is 44.3 Å². The van der Waals surface area contributed by atoms with Crippen molar-refractivity contribution in [3.05, 3.63) is 0 Å². The van der Waals surface area contributed by atoms with Gasteiger partial charge in [-0.3, -0.25) is 18.4 Å². The second kappa shape index (κ2) is 7.68. The highest BCUT2D eigenvalue weighted by molar-refractivity contribution is 7.54. The minimum absolute atomic E-state index is 0.600. The maximum atomic E-state index is 11.9. The molecular formula is C9H9F6O5P. The van der Waals surface area contributed by atoms with Crippen LogP contribution in [0.15, 0.2) is 0 Å². The smallest absolute Gasteiger partial charge is 0.412 e. The topological polar surface area (TPSA) is 61.8 Å². The predicted octanol–water partition coefficient (Wildman–Crippen LogP) is 2.51. The Morgan fingerprint density at radius 2 is 1.48 bits per heavy atom. The van der Waals surface area contributed by atoms with Gasteiger partial charge < -0.3 is 4.74 Å². The van der Waals surface area contributed by atoms with Crippen LogP contribution in [0.25, 0.3) is 0 Å². The van der Waals surface area contributed by atoms with Crippen molar-refractivity contribution >= 4 is 13.6 Å². The van der Waals surface area contributed by atoms with E-state index in [4.69, 9.17) is 6.42 Å². The molecule has 0 atom stereocenters. The van der Waals surface area contributed by atoms with Gasteiger partial charge in [0.15, 0.2) is 19.8 Å². The number of ether oxygens (including phenoxy) is 1. The third-order valence-corrected chi connectivity index (χ3v) is 3.18. The molecule has 0 unspecified atom stereocenters. The third kappa shape index (κ3) is 11.1. The molecule has 0 fully saturated rings. The molecule has 122 valence electrons. The van der Waals surface area contributed by atoms with Gasteiger partial charge in [-0.1, -0.05) is 5.92 Å². The average molecular weight is 342 g/mol. The lowest BCUT2D eigenvalue weighted by atomic mass is 10.7. The molecule has 0 spiro atoms. The van der Waals surface area contributed by atoms with Gasteiger partial charge in [0, 0.05) is 0 Å². The van der Waals surface area contributed by atoms with E-state index >= 15 is 0 Å². The van der Waals surface area contributed by atoms with E-state index in [0.29, 0.717) is 0 Å². The number of halogens is 6. The first-order valence-electron chi connectivity index (χ1n) is 4.98. The number of alkyl halides is 6. The normalized spacial score (nSPS) is 12.8. The van der Waals surface area contributed by atoms with Gasteiger partial charge in [0.2, 0.25) is 0 Å². The number of terminal acetylenes is 1. The lowest BCUT2D eigenvalue weighted by Crippen LogP contribution is -2.23. The highest BCUT2D eigenvalue weighted by atomic mass is 31.2. The van der Waals surface area contributed by atoms with Crippen molar-refractivity contribution in [3.63, 3.8) is 0 Å². The van der Waals surface area contributed by atoms with Crippen molar-refractivity contribution < 1.29 is 49.5 Å². The molecule has 0 aliphatic carbocycles. The first-order valence-corrected chi connectivity index (χ1v) is 6.70. The molecule has 0 N–H and O–H groups in total. The quantitative estimate of drug-likeness (QED) is 0.308. The van der Waals surface area contributed by atoms with Crippen LogP contribution in [-0.2, 0) is 23.1 Å². The van der Waals surface area contributed by atoms with Crippen LogP contribution >= 0.6 is 7.60 Å². The van der Waals surface area contributed by atoms with Crippen molar-refractivity contribution in [3.8, 4) is 12.3 Å². The molecule has 0 amide bonds. The summed E-state index contributed by atoms with van der Waals surface area (Å²) in [5.41, 5.74) is 0. The third-order valence-electron chi connectivity index (χ3n) is 1.49. The zero-order chi connectivity index (χ0) is 16.7. The van der Waals surface area contributed by atoms with E-state index in [2.05, 4.69) is 13.8 Å². The van der Waals surface area contributed by atoms with E-state index in [1.807, 2.05) is 5.92 Å². The Bertz CT molecular complexity index is 415. The summed E-state index contributed by atoms with van der Waals surface area (Å²) in [7, 11) is -4.99. The molecule has 0 radical (unpaired) electrons. The van der Waals surface area contributed by atoms with E-state index < -0.39 is 51.9 Å². The summed E-state index contributed by atoms with van der Waals surface area (Å²) in [6.45, 7) is -4.90. The summed E-state index contributed by atoms with van der Waals surface area (Å²) in [4.78, 5) is 11.1. The zero-order valence-corrected chi connectivity index (χ0v) is 11.1. The van der Waals surface area contributed by atoms with Crippen LogP contribution in [0.2, 0.25) is 0 Å². The Morgan fingerprint density at radius 3 is 1.81 bits per heavy atom. The second-order valence-corrected chi connectivity index (χ2v) is 5.47. The van der Waals surface area contributed by atoms with Crippen molar-refractivity contribution in [2.45, 2.75) is 12.4 Å². The van der Waals surface area contributed by atoms with Crippen LogP contribution in [0, 0.1) is 12.3 Å². The average Bonchev–Trinajstić information content (AvgIpc) is 2.30. The first kappa shape index (κ1) is 19.8.